The van der Waals surface area contributed by atoms with Crippen LogP contribution in [0.3, 0.4) is 0 Å². The number of hydrogen-bond donors (Lipinski definition) is 12. The first-order valence-corrected chi connectivity index (χ1v) is 17.3. The van der Waals surface area contributed by atoms with E-state index in [0.717, 1.165) is 0 Å². The summed E-state index contributed by atoms with van der Waals surface area (Å²) in [6.45, 7) is 12.0. The van der Waals surface area contributed by atoms with E-state index in [1.54, 1.807) is 0 Å². The first kappa shape index (κ1) is 49.1. The first-order chi connectivity index (χ1) is 25.3. The lowest BCUT2D eigenvalue weighted by Gasteiger charge is -2.23. The summed E-state index contributed by atoms with van der Waals surface area (Å²) in [5, 5.41) is 30.4. The Morgan fingerprint density at radius 3 is 0.782 bits per heavy atom. The maximum absolute atomic E-state index is 12.7. The van der Waals surface area contributed by atoms with E-state index < -0.39 is 125 Å². The fourth-order valence-corrected chi connectivity index (χ4v) is 4.08. The minimum atomic E-state index is -1.43. The van der Waals surface area contributed by atoms with Crippen molar-refractivity contribution in [2.24, 2.45) is 11.5 Å². The fraction of sp³-hybridized carbons (Fsp3) is 0.656. The van der Waals surface area contributed by atoms with Crippen molar-refractivity contribution in [1.29, 1.82) is 0 Å². The fourth-order valence-electron chi connectivity index (χ4n) is 4.08. The summed E-state index contributed by atoms with van der Waals surface area (Å²) in [4.78, 5) is 135. The molecule has 23 heteroatoms. The van der Waals surface area contributed by atoms with Gasteiger partial charge in [-0.1, -0.05) is 0 Å². The Balaban J connectivity index is 4.91. The molecule has 0 aliphatic carbocycles. The maximum Gasteiger partial charge on any atom is 0.326 e. The van der Waals surface area contributed by atoms with E-state index in [-0.39, 0.29) is 12.8 Å². The average molecular weight is 786 g/mol. The normalized spacial score (nSPS) is 16.2. The van der Waals surface area contributed by atoms with Crippen molar-refractivity contribution < 1.29 is 57.8 Å². The van der Waals surface area contributed by atoms with Crippen LogP contribution in [0.25, 0.3) is 0 Å². The minimum absolute atomic E-state index is 0.267. The van der Waals surface area contributed by atoms with Crippen molar-refractivity contribution in [1.82, 2.24) is 47.9 Å². The molecule has 310 valence electrons. The molecule has 0 unspecified atom stereocenters. The molecule has 55 heavy (non-hydrogen) atoms. The highest BCUT2D eigenvalue weighted by Crippen LogP contribution is 2.00. The Morgan fingerprint density at radius 1 is 0.400 bits per heavy atom. The minimum Gasteiger partial charge on any atom is -0.480 e. The van der Waals surface area contributed by atoms with E-state index in [4.69, 9.17) is 11.5 Å². The molecule has 0 spiro atoms. The molecule has 0 aromatic carbocycles. The van der Waals surface area contributed by atoms with Gasteiger partial charge in [0.15, 0.2) is 0 Å². The Hall–Kier alpha value is -5.87. The molecule has 0 radical (unpaired) electrons. The van der Waals surface area contributed by atoms with Gasteiger partial charge in [-0.3, -0.25) is 47.9 Å². The molecule has 14 N–H and O–H groups in total. The summed E-state index contributed by atoms with van der Waals surface area (Å²) in [5.41, 5.74) is 10.5. The number of aliphatic carboxylic acids is 1. The third-order valence-electron chi connectivity index (χ3n) is 7.72. The summed E-state index contributed by atoms with van der Waals surface area (Å²) >= 11 is 0. The van der Waals surface area contributed by atoms with Gasteiger partial charge in [0.1, 0.15) is 54.4 Å². The van der Waals surface area contributed by atoms with Gasteiger partial charge in [0.25, 0.3) is 0 Å². The van der Waals surface area contributed by atoms with Gasteiger partial charge < -0.3 is 64.4 Å². The van der Waals surface area contributed by atoms with Crippen molar-refractivity contribution in [2.45, 2.75) is 136 Å². The van der Waals surface area contributed by atoms with Crippen LogP contribution in [0.2, 0.25) is 0 Å². The summed E-state index contributed by atoms with van der Waals surface area (Å²) in [5.74, 6) is -9.02. The van der Waals surface area contributed by atoms with Crippen LogP contribution in [0.5, 0.6) is 0 Å². The third-order valence-corrected chi connectivity index (χ3v) is 7.72. The summed E-state index contributed by atoms with van der Waals surface area (Å²) in [6.07, 6.45) is -0.566. The number of carbonyl (C=O) groups is 11. The van der Waals surface area contributed by atoms with Crippen molar-refractivity contribution in [3.8, 4) is 0 Å². The maximum atomic E-state index is 12.7. The molecule has 0 aliphatic heterocycles. The molecule has 0 fully saturated rings. The molecule has 0 rings (SSSR count). The molecule has 0 saturated heterocycles. The van der Waals surface area contributed by atoms with Crippen molar-refractivity contribution in [2.75, 3.05) is 0 Å². The number of carbonyl (C=O) groups excluding carboxylic acids is 10. The van der Waals surface area contributed by atoms with Crippen LogP contribution in [0.1, 0.15) is 75.2 Å². The molecule has 10 amide bonds. The number of carboxylic acids is 1. The van der Waals surface area contributed by atoms with Crippen LogP contribution in [-0.2, 0) is 52.7 Å². The van der Waals surface area contributed by atoms with Crippen LogP contribution in [0, 0.1) is 0 Å². The van der Waals surface area contributed by atoms with E-state index >= 15 is 0 Å². The highest BCUT2D eigenvalue weighted by atomic mass is 16.4. The second-order valence-electron chi connectivity index (χ2n) is 13.0. The van der Waals surface area contributed by atoms with Gasteiger partial charge >= 0.3 is 5.97 Å². The Bertz CT molecular complexity index is 1470. The van der Waals surface area contributed by atoms with E-state index in [1.807, 2.05) is 0 Å². The summed E-state index contributed by atoms with van der Waals surface area (Å²) in [6, 6.07) is -11.6. The van der Waals surface area contributed by atoms with E-state index in [1.165, 1.54) is 62.3 Å². The van der Waals surface area contributed by atoms with Crippen LogP contribution >= 0.6 is 0 Å². The Morgan fingerprint density at radius 2 is 0.600 bits per heavy atom. The number of amides is 10. The van der Waals surface area contributed by atoms with Crippen LogP contribution in [0.4, 0.5) is 0 Å². The zero-order valence-corrected chi connectivity index (χ0v) is 32.3. The summed E-state index contributed by atoms with van der Waals surface area (Å²) in [7, 11) is 0. The van der Waals surface area contributed by atoms with Crippen LogP contribution < -0.4 is 59.3 Å². The highest BCUT2D eigenvalue weighted by molar-refractivity contribution is 5.98. The predicted molar refractivity (Wildman–Crippen MR) is 192 cm³/mol. The average Bonchev–Trinajstić information content (AvgIpc) is 3.08. The van der Waals surface area contributed by atoms with Gasteiger partial charge in [-0.05, 0) is 68.7 Å². The standard InChI is InChI=1S/C32H55N11O12/c1-12(33)23(45)35-13(2)24(46)36-14(3)25(47)37-15(4)26(48)38-16(5)27(49)39-17(6)28(50)40-18(7)29(51)41-19(8)30(52)42-20(9)31(53)43-21(32(54)55)10-11-22(34)44/h12-21H,10-11,33H2,1-9H3,(H2,34,44)(H,35,45)(H,36,46)(H,37,47)(H,38,48)(H,39,49)(H,40,50)(H,41,51)(H,42,52)(H,43,53)(H,54,55)/t12-,13-,14-,15-,16-,17-,18-,19-,20-,21-/m0/s1. The molecule has 0 saturated carbocycles. The number of nitrogens with two attached hydrogens (primary N) is 2. The quantitative estimate of drug-likeness (QED) is 0.0487. The smallest absolute Gasteiger partial charge is 0.326 e. The topological polar surface area (TPSA) is 368 Å². The number of rotatable bonds is 22. The number of hydrogen-bond acceptors (Lipinski definition) is 12. The number of nitrogens with one attached hydrogen (secondary N) is 9. The molecule has 0 aromatic rings. The third kappa shape index (κ3) is 18.1. The van der Waals surface area contributed by atoms with E-state index in [2.05, 4.69) is 47.9 Å². The molecule has 10 atom stereocenters. The lowest BCUT2D eigenvalue weighted by Crippen LogP contribution is -2.58. The predicted octanol–water partition coefficient (Wildman–Crippen LogP) is -5.79. The van der Waals surface area contributed by atoms with Gasteiger partial charge in [0.05, 0.1) is 6.04 Å². The van der Waals surface area contributed by atoms with Gasteiger partial charge in [-0.25, -0.2) is 4.79 Å². The molecular formula is C32H55N11O12. The SMILES string of the molecule is C[C@H](N)C(=O)N[C@@H](C)C(=O)N[C@@H](C)C(=O)N[C@@H](C)C(=O)N[C@@H](C)C(=O)N[C@@H](C)C(=O)N[C@@H](C)C(=O)N[C@@H](C)C(=O)N[C@@H](C)C(=O)N[C@@H](CCC(N)=O)C(=O)O. The van der Waals surface area contributed by atoms with Gasteiger partial charge in [0.2, 0.25) is 59.1 Å². The summed E-state index contributed by atoms with van der Waals surface area (Å²) < 4.78 is 0. The zero-order valence-electron chi connectivity index (χ0n) is 32.3. The molecule has 0 aliphatic rings. The Kier molecular flexibility index (Phi) is 20.6. The molecule has 23 nitrogen and oxygen atoms in total. The number of carboxylic acid groups (broad SMARTS) is 1. The second kappa shape index (κ2) is 23.0. The molecular weight excluding hydrogens is 730 g/mol. The van der Waals surface area contributed by atoms with Crippen molar-refractivity contribution in [3.05, 3.63) is 0 Å². The van der Waals surface area contributed by atoms with Gasteiger partial charge in [-0.2, -0.15) is 0 Å². The lowest BCUT2D eigenvalue weighted by atomic mass is 10.1. The lowest BCUT2D eigenvalue weighted by molar-refractivity contribution is -0.142. The Labute approximate surface area is 317 Å². The number of primary amides is 1. The van der Waals surface area contributed by atoms with Gasteiger partial charge in [-0.15, -0.1) is 0 Å². The van der Waals surface area contributed by atoms with E-state index in [0.29, 0.717) is 0 Å². The van der Waals surface area contributed by atoms with Gasteiger partial charge in [0, 0.05) is 6.42 Å². The molecule has 0 aromatic heterocycles. The highest BCUT2D eigenvalue weighted by Gasteiger charge is 2.29. The van der Waals surface area contributed by atoms with Crippen molar-refractivity contribution >= 4 is 65.0 Å². The molecule has 0 bridgehead atoms. The largest absolute Gasteiger partial charge is 0.480 e. The zero-order chi connectivity index (χ0) is 42.9. The molecule has 0 heterocycles. The van der Waals surface area contributed by atoms with E-state index in [9.17, 15) is 57.8 Å². The van der Waals surface area contributed by atoms with Crippen LogP contribution in [0.15, 0.2) is 0 Å². The monoisotopic (exact) mass is 785 g/mol. The first-order valence-electron chi connectivity index (χ1n) is 17.3. The van der Waals surface area contributed by atoms with Crippen LogP contribution in [-0.4, -0.2) is 131 Å². The second-order valence-corrected chi connectivity index (χ2v) is 13.0. The van der Waals surface area contributed by atoms with Crippen molar-refractivity contribution in [3.63, 3.8) is 0 Å².